The molecular formula is C12H16ClFN2O2. The molecule has 4 nitrogen and oxygen atoms in total. The Morgan fingerprint density at radius 2 is 2.28 bits per heavy atom. The zero-order chi connectivity index (χ0) is 13.5. The number of ether oxygens (including phenoxy) is 1. The van der Waals surface area contributed by atoms with E-state index in [1.807, 2.05) is 0 Å². The van der Waals surface area contributed by atoms with Gasteiger partial charge in [0.1, 0.15) is 18.2 Å². The Hall–Kier alpha value is -1.33. The van der Waals surface area contributed by atoms with Gasteiger partial charge in [0.05, 0.1) is 11.6 Å². The molecule has 1 amide bonds. The summed E-state index contributed by atoms with van der Waals surface area (Å²) in [4.78, 5) is 12.9. The topological polar surface area (TPSA) is 55.6 Å². The van der Waals surface area contributed by atoms with E-state index in [0.717, 1.165) is 0 Å². The molecule has 6 heteroatoms. The Bertz CT molecular complexity index is 415. The molecular weight excluding hydrogens is 259 g/mol. The monoisotopic (exact) mass is 274 g/mol. The number of likely N-dealkylation sites (N-methyl/N-ethyl adjacent to an activating group) is 1. The Morgan fingerprint density at radius 3 is 2.89 bits per heavy atom. The highest BCUT2D eigenvalue weighted by molar-refractivity contribution is 6.32. The van der Waals surface area contributed by atoms with Crippen LogP contribution in [0.4, 0.5) is 4.39 Å². The number of nitrogens with two attached hydrogens (primary N) is 1. The zero-order valence-electron chi connectivity index (χ0n) is 10.2. The Kier molecular flexibility index (Phi) is 5.88. The van der Waals surface area contributed by atoms with Crippen LogP contribution in [-0.4, -0.2) is 37.6 Å². The van der Waals surface area contributed by atoms with Gasteiger partial charge in [-0.15, -0.1) is 0 Å². The lowest BCUT2D eigenvalue weighted by Gasteiger charge is -2.17. The SMILES string of the molecule is CN(CCOc1ccc(F)cc1Cl)C(=O)CCN. The average Bonchev–Trinajstić information content (AvgIpc) is 2.32. The van der Waals surface area contributed by atoms with Crippen LogP contribution in [0.5, 0.6) is 5.75 Å². The molecule has 1 aromatic rings. The van der Waals surface area contributed by atoms with Gasteiger partial charge < -0.3 is 15.4 Å². The van der Waals surface area contributed by atoms with Crippen molar-refractivity contribution >= 4 is 17.5 Å². The smallest absolute Gasteiger partial charge is 0.223 e. The molecule has 0 saturated heterocycles. The second kappa shape index (κ2) is 7.18. The summed E-state index contributed by atoms with van der Waals surface area (Å²) in [6, 6.07) is 3.91. The van der Waals surface area contributed by atoms with Crippen molar-refractivity contribution in [3.63, 3.8) is 0 Å². The zero-order valence-corrected chi connectivity index (χ0v) is 10.9. The number of rotatable bonds is 6. The van der Waals surface area contributed by atoms with Gasteiger partial charge in [-0.1, -0.05) is 11.6 Å². The van der Waals surface area contributed by atoms with Gasteiger partial charge in [0.25, 0.3) is 0 Å². The molecule has 0 aliphatic carbocycles. The van der Waals surface area contributed by atoms with E-state index in [0.29, 0.717) is 25.3 Å². The van der Waals surface area contributed by atoms with Crippen LogP contribution < -0.4 is 10.5 Å². The molecule has 0 radical (unpaired) electrons. The van der Waals surface area contributed by atoms with E-state index in [2.05, 4.69) is 0 Å². The Morgan fingerprint density at radius 1 is 1.56 bits per heavy atom. The van der Waals surface area contributed by atoms with Crippen LogP contribution in [0, 0.1) is 5.82 Å². The second-order valence-electron chi connectivity index (χ2n) is 3.78. The summed E-state index contributed by atoms with van der Waals surface area (Å²) in [6.45, 7) is 1.04. The third-order valence-corrected chi connectivity index (χ3v) is 2.66. The molecule has 100 valence electrons. The summed E-state index contributed by atoms with van der Waals surface area (Å²) in [6.07, 6.45) is 0.313. The molecule has 18 heavy (non-hydrogen) atoms. The van der Waals surface area contributed by atoms with Crippen molar-refractivity contribution in [3.8, 4) is 5.75 Å². The van der Waals surface area contributed by atoms with E-state index in [1.54, 1.807) is 7.05 Å². The van der Waals surface area contributed by atoms with Crippen molar-refractivity contribution in [2.45, 2.75) is 6.42 Å². The minimum absolute atomic E-state index is 0.0358. The lowest BCUT2D eigenvalue weighted by atomic mass is 10.3. The third-order valence-electron chi connectivity index (χ3n) is 2.36. The molecule has 2 N–H and O–H groups in total. The minimum atomic E-state index is -0.414. The number of hydrogen-bond acceptors (Lipinski definition) is 3. The standard InChI is InChI=1S/C12H16ClFN2O2/c1-16(12(17)4-5-15)6-7-18-11-3-2-9(14)8-10(11)13/h2-3,8H,4-7,15H2,1H3. The van der Waals surface area contributed by atoms with E-state index in [9.17, 15) is 9.18 Å². The molecule has 0 aliphatic rings. The van der Waals surface area contributed by atoms with Crippen molar-refractivity contribution < 1.29 is 13.9 Å². The molecule has 0 atom stereocenters. The van der Waals surface area contributed by atoms with Crippen molar-refractivity contribution in [3.05, 3.63) is 29.0 Å². The van der Waals surface area contributed by atoms with E-state index < -0.39 is 5.82 Å². The molecule has 0 aliphatic heterocycles. The average molecular weight is 275 g/mol. The fraction of sp³-hybridized carbons (Fsp3) is 0.417. The fourth-order valence-corrected chi connectivity index (χ4v) is 1.55. The molecule has 0 unspecified atom stereocenters. The summed E-state index contributed by atoms with van der Waals surface area (Å²) >= 11 is 5.80. The molecule has 1 aromatic carbocycles. The number of carbonyl (C=O) groups excluding carboxylic acids is 1. The highest BCUT2D eigenvalue weighted by Crippen LogP contribution is 2.24. The Balaban J connectivity index is 2.39. The fourth-order valence-electron chi connectivity index (χ4n) is 1.32. The van der Waals surface area contributed by atoms with E-state index in [-0.39, 0.29) is 17.5 Å². The predicted molar refractivity (Wildman–Crippen MR) is 68.2 cm³/mol. The molecule has 0 bridgehead atoms. The van der Waals surface area contributed by atoms with Gasteiger partial charge in [0, 0.05) is 20.0 Å². The number of nitrogens with zero attached hydrogens (tertiary/aromatic N) is 1. The first-order chi connectivity index (χ1) is 8.54. The normalized spacial score (nSPS) is 10.2. The van der Waals surface area contributed by atoms with Crippen molar-refractivity contribution in [1.29, 1.82) is 0 Å². The van der Waals surface area contributed by atoms with Gasteiger partial charge in [0.2, 0.25) is 5.91 Å². The van der Waals surface area contributed by atoms with Crippen LogP contribution in [-0.2, 0) is 4.79 Å². The van der Waals surface area contributed by atoms with Gasteiger partial charge in [0.15, 0.2) is 0 Å². The summed E-state index contributed by atoms with van der Waals surface area (Å²) in [5, 5.41) is 0.214. The van der Waals surface area contributed by atoms with Crippen LogP contribution in [0.25, 0.3) is 0 Å². The maximum atomic E-state index is 12.8. The van der Waals surface area contributed by atoms with Gasteiger partial charge in [-0.3, -0.25) is 4.79 Å². The van der Waals surface area contributed by atoms with Crippen LogP contribution >= 0.6 is 11.6 Å². The number of benzene rings is 1. The maximum Gasteiger partial charge on any atom is 0.223 e. The first-order valence-electron chi connectivity index (χ1n) is 5.56. The highest BCUT2D eigenvalue weighted by atomic mass is 35.5. The number of halogens is 2. The second-order valence-corrected chi connectivity index (χ2v) is 4.18. The highest BCUT2D eigenvalue weighted by Gasteiger charge is 2.08. The lowest BCUT2D eigenvalue weighted by molar-refractivity contribution is -0.130. The van der Waals surface area contributed by atoms with Crippen LogP contribution in [0.2, 0.25) is 5.02 Å². The lowest BCUT2D eigenvalue weighted by Crippen LogP contribution is -2.32. The van der Waals surface area contributed by atoms with Gasteiger partial charge in [-0.2, -0.15) is 0 Å². The number of carbonyl (C=O) groups is 1. The molecule has 1 rings (SSSR count). The molecule has 0 heterocycles. The summed E-state index contributed by atoms with van der Waals surface area (Å²) in [7, 11) is 1.67. The number of amides is 1. The Labute approximate surface area is 110 Å². The van der Waals surface area contributed by atoms with Gasteiger partial charge >= 0.3 is 0 Å². The molecule has 0 fully saturated rings. The minimum Gasteiger partial charge on any atom is -0.490 e. The quantitative estimate of drug-likeness (QED) is 0.858. The van der Waals surface area contributed by atoms with Crippen molar-refractivity contribution in [2.24, 2.45) is 5.73 Å². The van der Waals surface area contributed by atoms with E-state index in [1.165, 1.54) is 23.1 Å². The molecule has 0 saturated carbocycles. The maximum absolute atomic E-state index is 12.8. The van der Waals surface area contributed by atoms with Crippen molar-refractivity contribution in [1.82, 2.24) is 4.90 Å². The van der Waals surface area contributed by atoms with E-state index >= 15 is 0 Å². The summed E-state index contributed by atoms with van der Waals surface area (Å²) < 4.78 is 18.2. The first kappa shape index (κ1) is 14.7. The van der Waals surface area contributed by atoms with Crippen LogP contribution in [0.1, 0.15) is 6.42 Å². The number of hydrogen-bond donors (Lipinski definition) is 1. The van der Waals surface area contributed by atoms with Crippen molar-refractivity contribution in [2.75, 3.05) is 26.7 Å². The summed E-state index contributed by atoms with van der Waals surface area (Å²) in [5.74, 6) is -0.0494. The van der Waals surface area contributed by atoms with E-state index in [4.69, 9.17) is 22.1 Å². The largest absolute Gasteiger partial charge is 0.490 e. The third kappa shape index (κ3) is 4.50. The molecule has 0 spiro atoms. The van der Waals surface area contributed by atoms with Gasteiger partial charge in [-0.05, 0) is 18.2 Å². The van der Waals surface area contributed by atoms with Crippen LogP contribution in [0.3, 0.4) is 0 Å². The first-order valence-corrected chi connectivity index (χ1v) is 5.94. The molecule has 0 aromatic heterocycles. The predicted octanol–water partition coefficient (Wildman–Crippen LogP) is 1.67. The van der Waals surface area contributed by atoms with Gasteiger partial charge in [-0.25, -0.2) is 4.39 Å². The summed E-state index contributed by atoms with van der Waals surface area (Å²) in [5.41, 5.74) is 5.29. The van der Waals surface area contributed by atoms with Crippen LogP contribution in [0.15, 0.2) is 18.2 Å².